The molecule has 0 aromatic heterocycles. The second kappa shape index (κ2) is 5.78. The summed E-state index contributed by atoms with van der Waals surface area (Å²) in [6.07, 6.45) is 0. The third-order valence-electron chi connectivity index (χ3n) is 1.74. The van der Waals surface area contributed by atoms with Gasteiger partial charge >= 0.3 is 0 Å². The summed E-state index contributed by atoms with van der Waals surface area (Å²) in [5.74, 6) is -0.193. The van der Waals surface area contributed by atoms with E-state index in [1.807, 2.05) is 13.0 Å². The second-order valence-electron chi connectivity index (χ2n) is 2.87. The molecule has 0 aliphatic rings. The zero-order valence-corrected chi connectivity index (χ0v) is 8.49. The molecule has 4 nitrogen and oxygen atoms in total. The molecule has 78 valence electrons. The molecule has 15 heavy (non-hydrogen) atoms. The Balaban J connectivity index is 2.50. The highest BCUT2D eigenvalue weighted by Gasteiger charge is 2.01. The van der Waals surface area contributed by atoms with Crippen molar-refractivity contribution in [2.24, 2.45) is 0 Å². The van der Waals surface area contributed by atoms with E-state index >= 15 is 0 Å². The number of hydrogen-bond acceptors (Lipinski definition) is 3. The van der Waals surface area contributed by atoms with Gasteiger partial charge in [-0.3, -0.25) is 4.79 Å². The van der Waals surface area contributed by atoms with Gasteiger partial charge < -0.3 is 10.1 Å². The topological polar surface area (TPSA) is 62.1 Å². The molecule has 1 N–H and O–H groups in total. The highest BCUT2D eigenvalue weighted by atomic mass is 16.5. The SMILES string of the molecule is CCOCC(=O)Nc1ccc(C#N)cc1. The number of benzene rings is 1. The molecule has 0 atom stereocenters. The highest BCUT2D eigenvalue weighted by molar-refractivity contribution is 5.91. The lowest BCUT2D eigenvalue weighted by atomic mass is 10.2. The molecular formula is C11H12N2O2. The first-order valence-corrected chi connectivity index (χ1v) is 4.64. The molecular weight excluding hydrogens is 192 g/mol. The number of nitriles is 1. The lowest BCUT2D eigenvalue weighted by Gasteiger charge is -2.04. The lowest BCUT2D eigenvalue weighted by molar-refractivity contribution is -0.120. The van der Waals surface area contributed by atoms with E-state index in [2.05, 4.69) is 5.32 Å². The summed E-state index contributed by atoms with van der Waals surface area (Å²) in [7, 11) is 0. The van der Waals surface area contributed by atoms with Crippen LogP contribution in [0.5, 0.6) is 0 Å². The number of carbonyl (C=O) groups is 1. The summed E-state index contributed by atoms with van der Waals surface area (Å²) in [5, 5.41) is 11.2. The molecule has 1 aromatic carbocycles. The number of rotatable bonds is 4. The largest absolute Gasteiger partial charge is 0.372 e. The van der Waals surface area contributed by atoms with E-state index in [0.717, 1.165) is 0 Å². The number of carbonyl (C=O) groups excluding carboxylic acids is 1. The van der Waals surface area contributed by atoms with Gasteiger partial charge in [-0.25, -0.2) is 0 Å². The summed E-state index contributed by atoms with van der Waals surface area (Å²) in [6, 6.07) is 8.67. The Morgan fingerprint density at radius 3 is 2.67 bits per heavy atom. The fraction of sp³-hybridized carbons (Fsp3) is 0.273. The van der Waals surface area contributed by atoms with E-state index in [1.165, 1.54) is 0 Å². The van der Waals surface area contributed by atoms with Gasteiger partial charge in [0.1, 0.15) is 6.61 Å². The summed E-state index contributed by atoms with van der Waals surface area (Å²) >= 11 is 0. The first-order chi connectivity index (χ1) is 7.26. The first-order valence-electron chi connectivity index (χ1n) is 4.64. The molecule has 1 amide bonds. The van der Waals surface area contributed by atoms with Crippen molar-refractivity contribution in [3.63, 3.8) is 0 Å². The normalized spacial score (nSPS) is 9.33. The van der Waals surface area contributed by atoms with Crippen LogP contribution in [0.1, 0.15) is 12.5 Å². The second-order valence-corrected chi connectivity index (χ2v) is 2.87. The summed E-state index contributed by atoms with van der Waals surface area (Å²) in [4.78, 5) is 11.2. The van der Waals surface area contributed by atoms with E-state index in [9.17, 15) is 4.79 Å². The molecule has 0 aliphatic carbocycles. The summed E-state index contributed by atoms with van der Waals surface area (Å²) in [5.41, 5.74) is 1.23. The molecule has 0 unspecified atom stereocenters. The van der Waals surface area contributed by atoms with Crippen molar-refractivity contribution >= 4 is 11.6 Å². The molecule has 0 spiro atoms. The zero-order valence-electron chi connectivity index (χ0n) is 8.49. The van der Waals surface area contributed by atoms with Crippen LogP contribution >= 0.6 is 0 Å². The zero-order chi connectivity index (χ0) is 11.1. The minimum absolute atomic E-state index is 0.0521. The maximum Gasteiger partial charge on any atom is 0.250 e. The smallest absolute Gasteiger partial charge is 0.250 e. The van der Waals surface area contributed by atoms with Crippen LogP contribution in [-0.4, -0.2) is 19.1 Å². The Hall–Kier alpha value is -1.86. The van der Waals surface area contributed by atoms with Gasteiger partial charge in [0.05, 0.1) is 11.6 Å². The minimum Gasteiger partial charge on any atom is -0.372 e. The van der Waals surface area contributed by atoms with E-state index in [1.54, 1.807) is 24.3 Å². The Morgan fingerprint density at radius 2 is 2.13 bits per heavy atom. The quantitative estimate of drug-likeness (QED) is 0.809. The van der Waals surface area contributed by atoms with Crippen molar-refractivity contribution in [2.45, 2.75) is 6.92 Å². The first kappa shape index (κ1) is 11.2. The molecule has 0 heterocycles. The minimum atomic E-state index is -0.193. The number of nitrogens with one attached hydrogen (secondary N) is 1. The molecule has 0 aliphatic heterocycles. The van der Waals surface area contributed by atoms with Gasteiger partial charge in [0.25, 0.3) is 0 Å². The van der Waals surface area contributed by atoms with Crippen molar-refractivity contribution in [2.75, 3.05) is 18.5 Å². The van der Waals surface area contributed by atoms with Crippen LogP contribution in [0, 0.1) is 11.3 Å². The number of hydrogen-bond donors (Lipinski definition) is 1. The molecule has 0 bridgehead atoms. The van der Waals surface area contributed by atoms with Crippen LogP contribution in [-0.2, 0) is 9.53 Å². The van der Waals surface area contributed by atoms with Crippen molar-refractivity contribution in [1.29, 1.82) is 5.26 Å². The average molecular weight is 204 g/mol. The van der Waals surface area contributed by atoms with Crippen molar-refractivity contribution in [3.05, 3.63) is 29.8 Å². The van der Waals surface area contributed by atoms with Crippen LogP contribution in [0.4, 0.5) is 5.69 Å². The maximum atomic E-state index is 11.2. The lowest BCUT2D eigenvalue weighted by Crippen LogP contribution is -2.18. The van der Waals surface area contributed by atoms with Gasteiger partial charge in [-0.05, 0) is 31.2 Å². The van der Waals surface area contributed by atoms with Crippen LogP contribution in [0.3, 0.4) is 0 Å². The van der Waals surface area contributed by atoms with Gasteiger partial charge in [0.2, 0.25) is 5.91 Å². The number of ether oxygens (including phenoxy) is 1. The van der Waals surface area contributed by atoms with Crippen LogP contribution in [0.15, 0.2) is 24.3 Å². The Labute approximate surface area is 88.5 Å². The van der Waals surface area contributed by atoms with Gasteiger partial charge in [-0.15, -0.1) is 0 Å². The van der Waals surface area contributed by atoms with Crippen LogP contribution < -0.4 is 5.32 Å². The van der Waals surface area contributed by atoms with E-state index in [0.29, 0.717) is 17.9 Å². The summed E-state index contributed by atoms with van der Waals surface area (Å²) in [6.45, 7) is 2.40. The average Bonchev–Trinajstić information content (AvgIpc) is 2.27. The Bertz CT molecular complexity index is 365. The van der Waals surface area contributed by atoms with Crippen molar-refractivity contribution < 1.29 is 9.53 Å². The van der Waals surface area contributed by atoms with Crippen LogP contribution in [0.25, 0.3) is 0 Å². The molecule has 1 aromatic rings. The Kier molecular flexibility index (Phi) is 4.32. The number of amides is 1. The number of nitrogens with zero attached hydrogens (tertiary/aromatic N) is 1. The van der Waals surface area contributed by atoms with Crippen molar-refractivity contribution in [3.8, 4) is 6.07 Å². The van der Waals surface area contributed by atoms with Gasteiger partial charge in [-0.1, -0.05) is 0 Å². The van der Waals surface area contributed by atoms with Gasteiger partial charge in [0.15, 0.2) is 0 Å². The van der Waals surface area contributed by atoms with Gasteiger partial charge in [0, 0.05) is 12.3 Å². The van der Waals surface area contributed by atoms with Crippen molar-refractivity contribution in [1.82, 2.24) is 0 Å². The number of anilines is 1. The molecule has 0 fully saturated rings. The molecule has 0 saturated heterocycles. The monoisotopic (exact) mass is 204 g/mol. The van der Waals surface area contributed by atoms with Gasteiger partial charge in [-0.2, -0.15) is 5.26 Å². The van der Waals surface area contributed by atoms with E-state index < -0.39 is 0 Å². The summed E-state index contributed by atoms with van der Waals surface area (Å²) < 4.78 is 4.95. The molecule has 0 radical (unpaired) electrons. The maximum absolute atomic E-state index is 11.2. The fourth-order valence-corrected chi connectivity index (χ4v) is 1.02. The molecule has 0 saturated carbocycles. The van der Waals surface area contributed by atoms with E-state index in [4.69, 9.17) is 10.00 Å². The highest BCUT2D eigenvalue weighted by Crippen LogP contribution is 2.08. The predicted molar refractivity (Wildman–Crippen MR) is 56.3 cm³/mol. The Morgan fingerprint density at radius 1 is 1.47 bits per heavy atom. The molecule has 4 heteroatoms. The third kappa shape index (κ3) is 3.79. The van der Waals surface area contributed by atoms with Crippen LogP contribution in [0.2, 0.25) is 0 Å². The van der Waals surface area contributed by atoms with E-state index in [-0.39, 0.29) is 12.5 Å². The fourth-order valence-electron chi connectivity index (χ4n) is 1.02. The molecule has 1 rings (SSSR count). The standard InChI is InChI=1S/C11H12N2O2/c1-2-15-8-11(14)13-10-5-3-9(7-12)4-6-10/h3-6H,2,8H2,1H3,(H,13,14). The predicted octanol–water partition coefficient (Wildman–Crippen LogP) is 1.53. The third-order valence-corrected chi connectivity index (χ3v) is 1.74.